The molecule has 1 aromatic carbocycles. The Kier molecular flexibility index (Phi) is 3.31. The Morgan fingerprint density at radius 2 is 2.21 bits per heavy atom. The number of carbonyl (C=O) groups is 1. The van der Waals surface area contributed by atoms with Crippen LogP contribution in [0.25, 0.3) is 10.2 Å². The van der Waals surface area contributed by atoms with Crippen LogP contribution in [-0.4, -0.2) is 42.1 Å². The lowest BCUT2D eigenvalue weighted by Crippen LogP contribution is -2.48. The number of carbonyl (C=O) groups excluding carboxylic acids is 1. The summed E-state index contributed by atoms with van der Waals surface area (Å²) >= 11 is 1.28. The minimum atomic E-state index is -0.295. The van der Waals surface area contributed by atoms with Crippen LogP contribution in [0.15, 0.2) is 18.2 Å². The molecule has 0 bridgehead atoms. The Balaban J connectivity index is 1.75. The van der Waals surface area contributed by atoms with E-state index >= 15 is 0 Å². The third-order valence-electron chi connectivity index (χ3n) is 2.97. The molecule has 0 spiro atoms. The lowest BCUT2D eigenvalue weighted by molar-refractivity contribution is 0.204. The Hall–Kier alpha value is -1.73. The highest BCUT2D eigenvalue weighted by Crippen LogP contribution is 2.26. The number of aromatic nitrogens is 1. The number of nitrogens with zero attached hydrogens (tertiary/aromatic N) is 2. The van der Waals surface area contributed by atoms with E-state index in [2.05, 4.69) is 15.6 Å². The summed E-state index contributed by atoms with van der Waals surface area (Å²) in [4.78, 5) is 18.0. The van der Waals surface area contributed by atoms with E-state index in [1.54, 1.807) is 11.0 Å². The normalized spacial score (nSPS) is 15.7. The number of hydrogen-bond acceptors (Lipinski definition) is 4. The van der Waals surface area contributed by atoms with Crippen LogP contribution < -0.4 is 10.6 Å². The number of amides is 2. The van der Waals surface area contributed by atoms with Crippen LogP contribution in [-0.2, 0) is 0 Å². The van der Waals surface area contributed by atoms with Gasteiger partial charge in [-0.1, -0.05) is 11.3 Å². The maximum atomic E-state index is 13.1. The molecule has 3 rings (SSSR count). The van der Waals surface area contributed by atoms with E-state index in [1.807, 2.05) is 0 Å². The zero-order valence-electron chi connectivity index (χ0n) is 10.1. The second-order valence-electron chi connectivity index (χ2n) is 4.30. The second-order valence-corrected chi connectivity index (χ2v) is 5.33. The van der Waals surface area contributed by atoms with Gasteiger partial charge in [-0.3, -0.25) is 5.32 Å². The van der Waals surface area contributed by atoms with E-state index < -0.39 is 0 Å². The molecule has 1 aromatic heterocycles. The molecule has 7 heteroatoms. The molecule has 19 heavy (non-hydrogen) atoms. The number of benzene rings is 1. The number of piperazine rings is 1. The average Bonchev–Trinajstić information content (AvgIpc) is 2.81. The lowest BCUT2D eigenvalue weighted by Gasteiger charge is -2.26. The fourth-order valence-electron chi connectivity index (χ4n) is 1.99. The van der Waals surface area contributed by atoms with Gasteiger partial charge < -0.3 is 10.2 Å². The first kappa shape index (κ1) is 12.3. The van der Waals surface area contributed by atoms with Gasteiger partial charge in [0, 0.05) is 26.2 Å². The van der Waals surface area contributed by atoms with Crippen LogP contribution in [0.2, 0.25) is 0 Å². The third-order valence-corrected chi connectivity index (χ3v) is 3.90. The number of rotatable bonds is 1. The molecule has 2 heterocycles. The lowest BCUT2D eigenvalue weighted by atomic mass is 10.3. The van der Waals surface area contributed by atoms with E-state index in [0.29, 0.717) is 23.7 Å². The standard InChI is InChI=1S/C12H13FN4OS/c13-8-1-2-9-10(7-8)19-11(15-9)16-12(18)17-5-3-14-4-6-17/h1-2,7,14H,3-6H2,(H,15,16,18). The van der Waals surface area contributed by atoms with Crippen molar-refractivity contribution in [3.63, 3.8) is 0 Å². The summed E-state index contributed by atoms with van der Waals surface area (Å²) < 4.78 is 13.8. The van der Waals surface area contributed by atoms with Crippen molar-refractivity contribution in [2.75, 3.05) is 31.5 Å². The predicted molar refractivity (Wildman–Crippen MR) is 73.0 cm³/mol. The molecule has 100 valence electrons. The third kappa shape index (κ3) is 2.66. The molecule has 0 radical (unpaired) electrons. The molecule has 2 amide bonds. The van der Waals surface area contributed by atoms with Gasteiger partial charge in [0.05, 0.1) is 10.2 Å². The van der Waals surface area contributed by atoms with Gasteiger partial charge in [-0.25, -0.2) is 14.2 Å². The van der Waals surface area contributed by atoms with Gasteiger partial charge in [0.25, 0.3) is 0 Å². The molecule has 0 atom stereocenters. The number of nitrogens with one attached hydrogen (secondary N) is 2. The van der Waals surface area contributed by atoms with Gasteiger partial charge in [-0.2, -0.15) is 0 Å². The van der Waals surface area contributed by atoms with Crippen LogP contribution in [0.3, 0.4) is 0 Å². The molecule has 1 aliphatic rings. The van der Waals surface area contributed by atoms with E-state index in [1.165, 1.54) is 23.5 Å². The second kappa shape index (κ2) is 5.10. The van der Waals surface area contributed by atoms with Gasteiger partial charge in [0.1, 0.15) is 5.82 Å². The van der Waals surface area contributed by atoms with Gasteiger partial charge in [-0.05, 0) is 18.2 Å². The van der Waals surface area contributed by atoms with Crippen molar-refractivity contribution in [2.45, 2.75) is 0 Å². The van der Waals surface area contributed by atoms with Crippen molar-refractivity contribution < 1.29 is 9.18 Å². The van der Waals surface area contributed by atoms with E-state index in [0.717, 1.165) is 17.8 Å². The first-order chi connectivity index (χ1) is 9.22. The van der Waals surface area contributed by atoms with Crippen molar-refractivity contribution in [2.24, 2.45) is 0 Å². The molecule has 2 N–H and O–H groups in total. The SMILES string of the molecule is O=C(Nc1nc2ccc(F)cc2s1)N1CCNCC1. The molecule has 1 aliphatic heterocycles. The van der Waals surface area contributed by atoms with Crippen molar-refractivity contribution in [3.8, 4) is 0 Å². The molecular weight excluding hydrogens is 267 g/mol. The highest BCUT2D eigenvalue weighted by Gasteiger charge is 2.17. The summed E-state index contributed by atoms with van der Waals surface area (Å²) in [7, 11) is 0. The molecule has 1 saturated heterocycles. The van der Waals surface area contributed by atoms with Crippen molar-refractivity contribution >= 4 is 32.7 Å². The van der Waals surface area contributed by atoms with Crippen LogP contribution in [0.1, 0.15) is 0 Å². The van der Waals surface area contributed by atoms with Crippen molar-refractivity contribution in [1.29, 1.82) is 0 Å². The molecule has 2 aromatic rings. The zero-order valence-corrected chi connectivity index (χ0v) is 11.0. The van der Waals surface area contributed by atoms with E-state index in [4.69, 9.17) is 0 Å². The topological polar surface area (TPSA) is 57.3 Å². The van der Waals surface area contributed by atoms with E-state index in [9.17, 15) is 9.18 Å². The molecule has 0 aliphatic carbocycles. The number of thiazole rings is 1. The van der Waals surface area contributed by atoms with Gasteiger partial charge in [0.2, 0.25) is 0 Å². The number of halogens is 1. The summed E-state index contributed by atoms with van der Waals surface area (Å²) in [6, 6.07) is 4.25. The van der Waals surface area contributed by atoms with Crippen LogP contribution in [0, 0.1) is 5.82 Å². The number of fused-ring (bicyclic) bond motifs is 1. The summed E-state index contributed by atoms with van der Waals surface area (Å²) in [6.07, 6.45) is 0. The largest absolute Gasteiger partial charge is 0.323 e. The monoisotopic (exact) mass is 280 g/mol. The van der Waals surface area contributed by atoms with Gasteiger partial charge in [0.15, 0.2) is 5.13 Å². The van der Waals surface area contributed by atoms with E-state index in [-0.39, 0.29) is 11.8 Å². The molecular formula is C12H13FN4OS. The quantitative estimate of drug-likeness (QED) is 0.838. The molecule has 5 nitrogen and oxygen atoms in total. The summed E-state index contributed by atoms with van der Waals surface area (Å²) in [5.41, 5.74) is 0.696. The minimum absolute atomic E-state index is 0.152. The zero-order chi connectivity index (χ0) is 13.2. The maximum absolute atomic E-state index is 13.1. The first-order valence-electron chi connectivity index (χ1n) is 6.05. The summed E-state index contributed by atoms with van der Waals surface area (Å²) in [5, 5.41) is 6.45. The first-order valence-corrected chi connectivity index (χ1v) is 6.87. The number of urea groups is 1. The Morgan fingerprint density at radius 1 is 1.42 bits per heavy atom. The highest BCUT2D eigenvalue weighted by atomic mass is 32.1. The molecule has 0 saturated carbocycles. The summed E-state index contributed by atoms with van der Waals surface area (Å²) in [5.74, 6) is -0.295. The smallest absolute Gasteiger partial charge is 0.322 e. The van der Waals surface area contributed by atoms with Crippen LogP contribution in [0.4, 0.5) is 14.3 Å². The predicted octanol–water partition coefficient (Wildman–Crippen LogP) is 1.87. The number of hydrogen-bond donors (Lipinski definition) is 2. The van der Waals surface area contributed by atoms with Crippen LogP contribution in [0.5, 0.6) is 0 Å². The minimum Gasteiger partial charge on any atom is -0.322 e. The summed E-state index contributed by atoms with van der Waals surface area (Å²) in [6.45, 7) is 2.98. The maximum Gasteiger partial charge on any atom is 0.323 e. The fourth-order valence-corrected chi connectivity index (χ4v) is 2.87. The van der Waals surface area contributed by atoms with Crippen molar-refractivity contribution in [1.82, 2.24) is 15.2 Å². The van der Waals surface area contributed by atoms with Crippen molar-refractivity contribution in [3.05, 3.63) is 24.0 Å². The molecule has 0 unspecified atom stereocenters. The highest BCUT2D eigenvalue weighted by molar-refractivity contribution is 7.22. The van der Waals surface area contributed by atoms with Gasteiger partial charge >= 0.3 is 6.03 Å². The fraction of sp³-hybridized carbons (Fsp3) is 0.333. The Bertz CT molecular complexity index is 609. The molecule has 1 fully saturated rings. The van der Waals surface area contributed by atoms with Crippen LogP contribution >= 0.6 is 11.3 Å². The average molecular weight is 280 g/mol. The number of anilines is 1. The Labute approximate surface area is 113 Å². The Morgan fingerprint density at radius 3 is 3.00 bits per heavy atom. The van der Waals surface area contributed by atoms with Gasteiger partial charge in [-0.15, -0.1) is 0 Å².